The van der Waals surface area contributed by atoms with E-state index in [4.69, 9.17) is 11.6 Å². The summed E-state index contributed by atoms with van der Waals surface area (Å²) < 4.78 is 1.81. The van der Waals surface area contributed by atoms with Gasteiger partial charge in [0.1, 0.15) is 11.8 Å². The van der Waals surface area contributed by atoms with Gasteiger partial charge in [0.15, 0.2) is 0 Å². The zero-order valence-corrected chi connectivity index (χ0v) is 22.9. The van der Waals surface area contributed by atoms with E-state index in [0.717, 1.165) is 16.8 Å². The molecule has 10 heteroatoms. The van der Waals surface area contributed by atoms with Crippen LogP contribution in [0.25, 0.3) is 10.9 Å². The van der Waals surface area contributed by atoms with Crippen LogP contribution in [0.4, 0.5) is 11.4 Å². The number of fused-ring (bicyclic) bond motifs is 1. The van der Waals surface area contributed by atoms with Crippen LogP contribution in [0.15, 0.2) is 79.4 Å². The third-order valence-electron chi connectivity index (χ3n) is 6.67. The van der Waals surface area contributed by atoms with Crippen molar-refractivity contribution >= 4 is 33.9 Å². The van der Waals surface area contributed by atoms with Crippen molar-refractivity contribution in [2.24, 2.45) is 0 Å². The van der Waals surface area contributed by atoms with Crippen molar-refractivity contribution in [1.82, 2.24) is 25.0 Å². The van der Waals surface area contributed by atoms with Crippen LogP contribution >= 0.6 is 11.6 Å². The van der Waals surface area contributed by atoms with Gasteiger partial charge >= 0.3 is 0 Å². The standard InChI is InChI=1S/C30H29ClN8O/c1-19(2)39-18-27(37-38-39)29(21-9-6-11-33-16-21)35-23-13-24-28(22(15-32)17-34-30(24)25(31)14-23)36-26(10-12-40)20-7-4-3-5-8-20/h3-9,11,13-14,16-19,26,29,35,40H,10,12H2,1-2H3,(H,34,36). The first kappa shape index (κ1) is 27.1. The number of benzene rings is 2. The molecule has 2 unspecified atom stereocenters. The molecule has 0 fully saturated rings. The molecule has 202 valence electrons. The molecule has 2 atom stereocenters. The van der Waals surface area contributed by atoms with Gasteiger partial charge < -0.3 is 15.7 Å². The van der Waals surface area contributed by atoms with Crippen LogP contribution in [0.2, 0.25) is 5.02 Å². The summed E-state index contributed by atoms with van der Waals surface area (Å²) in [7, 11) is 0. The van der Waals surface area contributed by atoms with Crippen LogP contribution in [-0.2, 0) is 0 Å². The Bertz CT molecular complexity index is 1630. The molecule has 2 aromatic carbocycles. The number of rotatable bonds is 10. The first-order valence-electron chi connectivity index (χ1n) is 13.0. The lowest BCUT2D eigenvalue weighted by Gasteiger charge is -2.23. The summed E-state index contributed by atoms with van der Waals surface area (Å²) in [6.07, 6.45) is 7.41. The van der Waals surface area contributed by atoms with Crippen LogP contribution in [0, 0.1) is 11.3 Å². The van der Waals surface area contributed by atoms with Crippen LogP contribution < -0.4 is 10.6 Å². The molecule has 3 N–H and O–H groups in total. The van der Waals surface area contributed by atoms with Gasteiger partial charge in [0.2, 0.25) is 0 Å². The number of aromatic nitrogens is 5. The van der Waals surface area contributed by atoms with Crippen molar-refractivity contribution in [2.45, 2.75) is 38.4 Å². The molecule has 0 bridgehead atoms. The van der Waals surface area contributed by atoms with E-state index in [1.54, 1.807) is 12.4 Å². The van der Waals surface area contributed by atoms with Crippen LogP contribution in [0.5, 0.6) is 0 Å². The molecule has 0 amide bonds. The second kappa shape index (κ2) is 12.1. The Kier molecular flexibility index (Phi) is 8.20. The molecule has 5 aromatic rings. The summed E-state index contributed by atoms with van der Waals surface area (Å²) >= 11 is 6.77. The molecule has 0 spiro atoms. The van der Waals surface area contributed by atoms with E-state index in [0.29, 0.717) is 39.3 Å². The van der Waals surface area contributed by atoms with Gasteiger partial charge in [-0.25, -0.2) is 4.68 Å². The average molecular weight is 553 g/mol. The number of anilines is 2. The molecule has 0 aliphatic rings. The number of aliphatic hydroxyl groups is 1. The Balaban J connectivity index is 1.60. The second-order valence-corrected chi connectivity index (χ2v) is 10.1. The number of halogens is 1. The largest absolute Gasteiger partial charge is 0.396 e. The maximum atomic E-state index is 9.97. The van der Waals surface area contributed by atoms with Gasteiger partial charge in [-0.2, -0.15) is 5.26 Å². The quantitative estimate of drug-likeness (QED) is 0.191. The molecule has 0 saturated heterocycles. The summed E-state index contributed by atoms with van der Waals surface area (Å²) in [5.74, 6) is 0. The van der Waals surface area contributed by atoms with Crippen molar-refractivity contribution < 1.29 is 5.11 Å². The first-order chi connectivity index (χ1) is 19.5. The predicted molar refractivity (Wildman–Crippen MR) is 156 cm³/mol. The SMILES string of the molecule is CC(C)n1cc(C(Nc2cc(Cl)c3ncc(C#N)c(NC(CCO)c4ccccc4)c3c2)c2cccnc2)nn1. The Morgan fingerprint density at radius 2 is 1.85 bits per heavy atom. The van der Waals surface area contributed by atoms with E-state index < -0.39 is 0 Å². The van der Waals surface area contributed by atoms with Crippen LogP contribution in [0.1, 0.15) is 60.8 Å². The highest BCUT2D eigenvalue weighted by atomic mass is 35.5. The molecule has 9 nitrogen and oxygen atoms in total. The van der Waals surface area contributed by atoms with E-state index in [1.807, 2.05) is 79.3 Å². The average Bonchev–Trinajstić information content (AvgIpc) is 3.47. The van der Waals surface area contributed by atoms with Gasteiger partial charge in [0, 0.05) is 42.3 Å². The number of nitrogens with zero attached hydrogens (tertiary/aromatic N) is 6. The van der Waals surface area contributed by atoms with Gasteiger partial charge in [-0.05, 0) is 49.6 Å². The zero-order chi connectivity index (χ0) is 28.1. The number of hydrogen-bond acceptors (Lipinski definition) is 8. The van der Waals surface area contributed by atoms with Gasteiger partial charge in [-0.15, -0.1) is 5.10 Å². The second-order valence-electron chi connectivity index (χ2n) is 9.71. The Morgan fingerprint density at radius 1 is 1.05 bits per heavy atom. The van der Waals surface area contributed by atoms with Crippen molar-refractivity contribution in [3.63, 3.8) is 0 Å². The predicted octanol–water partition coefficient (Wildman–Crippen LogP) is 6.06. The summed E-state index contributed by atoms with van der Waals surface area (Å²) in [4.78, 5) is 8.79. The minimum atomic E-state index is -0.357. The van der Waals surface area contributed by atoms with E-state index in [1.165, 1.54) is 6.20 Å². The molecule has 0 radical (unpaired) electrons. The lowest BCUT2D eigenvalue weighted by atomic mass is 10.0. The number of nitriles is 1. The van der Waals surface area contributed by atoms with E-state index >= 15 is 0 Å². The van der Waals surface area contributed by atoms with Gasteiger partial charge in [-0.3, -0.25) is 9.97 Å². The fourth-order valence-electron chi connectivity index (χ4n) is 4.61. The lowest BCUT2D eigenvalue weighted by Crippen LogP contribution is -2.15. The molecule has 3 aromatic heterocycles. The molecule has 0 aliphatic carbocycles. The number of pyridine rings is 2. The molecular formula is C30H29ClN8O. The smallest absolute Gasteiger partial charge is 0.110 e. The Morgan fingerprint density at radius 3 is 2.52 bits per heavy atom. The highest BCUT2D eigenvalue weighted by Crippen LogP contribution is 2.37. The molecule has 0 saturated carbocycles. The molecule has 0 aliphatic heterocycles. The van der Waals surface area contributed by atoms with Gasteiger partial charge in [0.25, 0.3) is 0 Å². The summed E-state index contributed by atoms with van der Waals surface area (Å²) in [5.41, 5.74) is 4.89. The molecule has 3 heterocycles. The highest BCUT2D eigenvalue weighted by molar-refractivity contribution is 6.35. The Hall–Kier alpha value is -4.52. The minimum Gasteiger partial charge on any atom is -0.396 e. The van der Waals surface area contributed by atoms with Crippen molar-refractivity contribution in [3.05, 3.63) is 107 Å². The van der Waals surface area contributed by atoms with Gasteiger partial charge in [0.05, 0.1) is 40.1 Å². The fraction of sp³-hybridized carbons (Fsp3) is 0.233. The number of nitrogens with one attached hydrogen (secondary N) is 2. The topological polar surface area (TPSA) is 125 Å². The molecule has 40 heavy (non-hydrogen) atoms. The molecule has 5 rings (SSSR count). The van der Waals surface area contributed by atoms with Crippen LogP contribution in [0.3, 0.4) is 0 Å². The normalized spacial score (nSPS) is 12.7. The monoisotopic (exact) mass is 552 g/mol. The zero-order valence-electron chi connectivity index (χ0n) is 22.2. The van der Waals surface area contributed by atoms with E-state index in [-0.39, 0.29) is 24.7 Å². The van der Waals surface area contributed by atoms with Crippen LogP contribution in [-0.4, -0.2) is 36.7 Å². The number of aliphatic hydroxyl groups excluding tert-OH is 1. The highest BCUT2D eigenvalue weighted by Gasteiger charge is 2.22. The van der Waals surface area contributed by atoms with Crippen molar-refractivity contribution in [2.75, 3.05) is 17.2 Å². The molecular weight excluding hydrogens is 524 g/mol. The summed E-state index contributed by atoms with van der Waals surface area (Å²) in [5, 5.41) is 36.6. The van der Waals surface area contributed by atoms with E-state index in [2.05, 4.69) is 37.0 Å². The minimum absolute atomic E-state index is 0.0190. The van der Waals surface area contributed by atoms with Gasteiger partial charge in [-0.1, -0.05) is 53.2 Å². The number of hydrogen-bond donors (Lipinski definition) is 3. The summed E-state index contributed by atoms with van der Waals surface area (Å²) in [6, 6.07) is 19.2. The van der Waals surface area contributed by atoms with Crippen molar-refractivity contribution in [1.29, 1.82) is 5.26 Å². The third-order valence-corrected chi connectivity index (χ3v) is 6.95. The van der Waals surface area contributed by atoms with E-state index in [9.17, 15) is 10.4 Å². The summed E-state index contributed by atoms with van der Waals surface area (Å²) in [6.45, 7) is 4.07. The lowest BCUT2D eigenvalue weighted by molar-refractivity contribution is 0.280. The maximum Gasteiger partial charge on any atom is 0.110 e. The first-order valence-corrected chi connectivity index (χ1v) is 13.4. The maximum absolute atomic E-state index is 9.97. The van der Waals surface area contributed by atoms with Crippen molar-refractivity contribution in [3.8, 4) is 6.07 Å². The Labute approximate surface area is 237 Å². The fourth-order valence-corrected chi connectivity index (χ4v) is 4.88. The third kappa shape index (κ3) is 5.73.